The minimum Gasteiger partial charge on any atom is -0.489 e. The maximum atomic E-state index is 13.6. The number of hydrogen-bond donors (Lipinski definition) is 0. The van der Waals surface area contributed by atoms with Crippen LogP contribution < -0.4 is 4.74 Å². The third kappa shape index (κ3) is 6.63. The van der Waals surface area contributed by atoms with E-state index in [1.807, 2.05) is 6.07 Å². The Labute approximate surface area is 210 Å². The molecule has 0 radical (unpaired) electrons. The highest BCUT2D eigenvalue weighted by Gasteiger charge is 2.26. The van der Waals surface area contributed by atoms with Crippen LogP contribution in [0.4, 0.5) is 4.39 Å². The number of carbonyl (C=O) groups is 1. The summed E-state index contributed by atoms with van der Waals surface area (Å²) in [5.74, 6) is 0.449. The second-order valence-electron chi connectivity index (χ2n) is 9.21. The molecule has 184 valence electrons. The molecule has 0 saturated carbocycles. The van der Waals surface area contributed by atoms with E-state index in [4.69, 9.17) is 32.7 Å². The summed E-state index contributed by atoms with van der Waals surface area (Å²) in [6.07, 6.45) is 4.38. The van der Waals surface area contributed by atoms with Crippen molar-refractivity contribution in [3.8, 4) is 5.75 Å². The molecule has 0 amide bonds. The molecule has 0 unspecified atom stereocenters. The Bertz CT molecular complexity index is 990. The van der Waals surface area contributed by atoms with Crippen LogP contribution in [0, 0.1) is 11.7 Å². The number of piperidine rings is 2. The molecule has 2 aliphatic rings. The lowest BCUT2D eigenvalue weighted by atomic mass is 9.94. The Kier molecular flexibility index (Phi) is 8.70. The van der Waals surface area contributed by atoms with Crippen LogP contribution in [0.2, 0.25) is 10.0 Å². The van der Waals surface area contributed by atoms with Gasteiger partial charge in [0, 0.05) is 31.2 Å². The minimum atomic E-state index is -0.491. The van der Waals surface area contributed by atoms with E-state index in [0.717, 1.165) is 64.0 Å². The Morgan fingerprint density at radius 3 is 2.38 bits per heavy atom. The predicted octanol–water partition coefficient (Wildman–Crippen LogP) is 5.67. The van der Waals surface area contributed by atoms with E-state index in [9.17, 15) is 9.18 Å². The van der Waals surface area contributed by atoms with E-state index in [1.54, 1.807) is 18.2 Å². The molecule has 0 atom stereocenters. The van der Waals surface area contributed by atoms with Crippen molar-refractivity contribution < 1.29 is 18.7 Å². The Morgan fingerprint density at radius 1 is 1.00 bits per heavy atom. The Morgan fingerprint density at radius 2 is 1.71 bits per heavy atom. The predicted molar refractivity (Wildman–Crippen MR) is 132 cm³/mol. The van der Waals surface area contributed by atoms with Crippen molar-refractivity contribution in [3.05, 3.63) is 63.4 Å². The number of hydrogen-bond acceptors (Lipinski definition) is 5. The zero-order chi connectivity index (χ0) is 24.1. The molecular formula is C26H31Cl2FN2O3. The van der Waals surface area contributed by atoms with Gasteiger partial charge in [-0.1, -0.05) is 29.3 Å². The summed E-state index contributed by atoms with van der Waals surface area (Å²) in [5, 5.41) is 1.17. The van der Waals surface area contributed by atoms with Gasteiger partial charge < -0.3 is 14.4 Å². The standard InChI is InChI=1S/C26H31Cl2FN2O3/c1-33-26(32)23-15-21(29)4-2-19(23)17-31-10-6-18(7-11-31)16-30-12-8-22(9-13-30)34-25-5-3-20(27)14-24(25)28/h2-5,14-15,18,22H,6-13,16-17H2,1H3. The normalized spacial score (nSPS) is 18.7. The van der Waals surface area contributed by atoms with Crippen LogP contribution in [0.25, 0.3) is 0 Å². The van der Waals surface area contributed by atoms with Gasteiger partial charge in [-0.3, -0.25) is 4.90 Å². The first-order valence-corrected chi connectivity index (χ1v) is 12.6. The smallest absolute Gasteiger partial charge is 0.338 e. The molecule has 2 saturated heterocycles. The zero-order valence-corrected chi connectivity index (χ0v) is 21.0. The van der Waals surface area contributed by atoms with Crippen LogP contribution >= 0.6 is 23.2 Å². The van der Waals surface area contributed by atoms with Crippen LogP contribution in [0.3, 0.4) is 0 Å². The summed E-state index contributed by atoms with van der Waals surface area (Å²) >= 11 is 12.2. The van der Waals surface area contributed by atoms with Gasteiger partial charge in [-0.25, -0.2) is 9.18 Å². The molecule has 0 aliphatic carbocycles. The summed E-state index contributed by atoms with van der Waals surface area (Å²) in [7, 11) is 1.32. The van der Waals surface area contributed by atoms with E-state index < -0.39 is 11.8 Å². The molecule has 8 heteroatoms. The summed E-state index contributed by atoms with van der Waals surface area (Å²) < 4.78 is 24.6. The van der Waals surface area contributed by atoms with Gasteiger partial charge in [-0.05, 0) is 80.6 Å². The SMILES string of the molecule is COC(=O)c1cc(F)ccc1CN1CCC(CN2CCC(Oc3ccc(Cl)cc3Cl)CC2)CC1. The second-order valence-corrected chi connectivity index (χ2v) is 10.0. The highest BCUT2D eigenvalue weighted by molar-refractivity contribution is 6.35. The van der Waals surface area contributed by atoms with Gasteiger partial charge in [0.15, 0.2) is 0 Å². The lowest BCUT2D eigenvalue weighted by Crippen LogP contribution is -2.43. The molecule has 2 fully saturated rings. The summed E-state index contributed by atoms with van der Waals surface area (Å²) in [6.45, 7) is 5.72. The molecule has 34 heavy (non-hydrogen) atoms. The number of esters is 1. The van der Waals surface area contributed by atoms with Crippen molar-refractivity contribution in [2.24, 2.45) is 5.92 Å². The molecule has 4 rings (SSSR count). The number of carbonyl (C=O) groups excluding carboxylic acids is 1. The van der Waals surface area contributed by atoms with Crippen molar-refractivity contribution in [3.63, 3.8) is 0 Å². The number of likely N-dealkylation sites (tertiary alicyclic amines) is 2. The fraction of sp³-hybridized carbons (Fsp3) is 0.500. The monoisotopic (exact) mass is 508 g/mol. The average molecular weight is 509 g/mol. The molecular weight excluding hydrogens is 478 g/mol. The molecule has 0 spiro atoms. The zero-order valence-electron chi connectivity index (χ0n) is 19.4. The second kappa shape index (κ2) is 11.7. The van der Waals surface area contributed by atoms with Crippen LogP contribution in [-0.2, 0) is 11.3 Å². The van der Waals surface area contributed by atoms with Gasteiger partial charge >= 0.3 is 5.97 Å². The lowest BCUT2D eigenvalue weighted by Gasteiger charge is -2.37. The number of methoxy groups -OCH3 is 1. The van der Waals surface area contributed by atoms with Gasteiger partial charge in [0.25, 0.3) is 0 Å². The largest absolute Gasteiger partial charge is 0.489 e. The minimum absolute atomic E-state index is 0.177. The van der Waals surface area contributed by atoms with E-state index in [-0.39, 0.29) is 6.10 Å². The van der Waals surface area contributed by atoms with Gasteiger partial charge in [0.2, 0.25) is 0 Å². The van der Waals surface area contributed by atoms with E-state index in [1.165, 1.54) is 19.2 Å². The van der Waals surface area contributed by atoms with Crippen molar-refractivity contribution in [2.75, 3.05) is 39.8 Å². The van der Waals surface area contributed by atoms with Crippen molar-refractivity contribution in [2.45, 2.75) is 38.3 Å². The number of benzene rings is 2. The molecule has 2 aromatic carbocycles. The maximum Gasteiger partial charge on any atom is 0.338 e. The average Bonchev–Trinajstić information content (AvgIpc) is 2.84. The Balaban J connectivity index is 1.21. The van der Waals surface area contributed by atoms with Gasteiger partial charge in [0.1, 0.15) is 17.7 Å². The van der Waals surface area contributed by atoms with Crippen LogP contribution in [0.15, 0.2) is 36.4 Å². The van der Waals surface area contributed by atoms with Crippen LogP contribution in [0.5, 0.6) is 5.75 Å². The molecule has 2 heterocycles. The number of halogens is 3. The van der Waals surface area contributed by atoms with Gasteiger partial charge in [0.05, 0.1) is 17.7 Å². The van der Waals surface area contributed by atoms with Gasteiger partial charge in [-0.2, -0.15) is 0 Å². The highest BCUT2D eigenvalue weighted by Crippen LogP contribution is 2.30. The first-order valence-electron chi connectivity index (χ1n) is 11.8. The first kappa shape index (κ1) is 25.2. The Hall–Kier alpha value is -1.86. The summed E-state index contributed by atoms with van der Waals surface area (Å²) in [5.41, 5.74) is 1.13. The third-order valence-electron chi connectivity index (χ3n) is 6.82. The number of nitrogens with zero attached hydrogens (tertiary/aromatic N) is 2. The molecule has 5 nitrogen and oxygen atoms in total. The van der Waals surface area contributed by atoms with Crippen molar-refractivity contribution in [1.82, 2.24) is 9.80 Å². The fourth-order valence-corrected chi connectivity index (χ4v) is 5.33. The van der Waals surface area contributed by atoms with E-state index in [0.29, 0.717) is 33.8 Å². The molecule has 2 aromatic rings. The summed E-state index contributed by atoms with van der Waals surface area (Å²) in [6, 6.07) is 9.72. The van der Waals surface area contributed by atoms with E-state index in [2.05, 4.69) is 9.80 Å². The lowest BCUT2D eigenvalue weighted by molar-refractivity contribution is 0.0596. The molecule has 0 aromatic heterocycles. The quantitative estimate of drug-likeness (QED) is 0.450. The fourth-order valence-electron chi connectivity index (χ4n) is 4.88. The molecule has 0 N–H and O–H groups in total. The van der Waals surface area contributed by atoms with E-state index >= 15 is 0 Å². The molecule has 0 bridgehead atoms. The van der Waals surface area contributed by atoms with Crippen LogP contribution in [-0.4, -0.2) is 61.7 Å². The number of ether oxygens (including phenoxy) is 2. The topological polar surface area (TPSA) is 42.0 Å². The first-order chi connectivity index (χ1) is 16.4. The molecule has 2 aliphatic heterocycles. The summed E-state index contributed by atoms with van der Waals surface area (Å²) in [4.78, 5) is 16.9. The van der Waals surface area contributed by atoms with Gasteiger partial charge in [-0.15, -0.1) is 0 Å². The number of rotatable bonds is 7. The highest BCUT2D eigenvalue weighted by atomic mass is 35.5. The van der Waals surface area contributed by atoms with Crippen molar-refractivity contribution >= 4 is 29.2 Å². The maximum absolute atomic E-state index is 13.6. The van der Waals surface area contributed by atoms with Crippen molar-refractivity contribution in [1.29, 1.82) is 0 Å². The van der Waals surface area contributed by atoms with Crippen LogP contribution in [0.1, 0.15) is 41.6 Å². The third-order valence-corrected chi connectivity index (χ3v) is 7.35.